The number of carbonyl (C=O) groups is 2. The molecule has 1 aromatic carbocycles. The summed E-state index contributed by atoms with van der Waals surface area (Å²) in [5.74, 6) is -0.169. The van der Waals surface area contributed by atoms with Crippen LogP contribution in [0.1, 0.15) is 25.3 Å². The number of carbonyl (C=O) groups excluding carboxylic acids is 2. The van der Waals surface area contributed by atoms with Crippen molar-refractivity contribution < 1.29 is 9.59 Å². The Morgan fingerprint density at radius 3 is 3.08 bits per heavy atom. The van der Waals surface area contributed by atoms with Crippen LogP contribution in [0.5, 0.6) is 0 Å². The summed E-state index contributed by atoms with van der Waals surface area (Å²) in [5.41, 5.74) is 2.18. The molecule has 0 aliphatic carbocycles. The summed E-state index contributed by atoms with van der Waals surface area (Å²) in [5, 5.41) is 4.67. The summed E-state index contributed by atoms with van der Waals surface area (Å²) in [4.78, 5) is 29.2. The van der Waals surface area contributed by atoms with Gasteiger partial charge in [0.2, 0.25) is 11.8 Å². The molecule has 0 radical (unpaired) electrons. The summed E-state index contributed by atoms with van der Waals surface area (Å²) >= 11 is 6.07. The number of halogens is 1. The molecule has 1 saturated heterocycles. The Morgan fingerprint density at radius 2 is 2.29 bits per heavy atom. The summed E-state index contributed by atoms with van der Waals surface area (Å²) in [7, 11) is 0. The average molecular weight is 348 g/mol. The van der Waals surface area contributed by atoms with Crippen LogP contribution in [0.25, 0.3) is 10.9 Å². The van der Waals surface area contributed by atoms with Crippen molar-refractivity contribution in [2.75, 3.05) is 19.6 Å². The lowest BCUT2D eigenvalue weighted by atomic mass is 10.1. The molecular weight excluding hydrogens is 326 g/mol. The van der Waals surface area contributed by atoms with Gasteiger partial charge in [-0.3, -0.25) is 9.59 Å². The van der Waals surface area contributed by atoms with E-state index in [-0.39, 0.29) is 17.7 Å². The van der Waals surface area contributed by atoms with Gasteiger partial charge in [-0.2, -0.15) is 0 Å². The third-order valence-corrected chi connectivity index (χ3v) is 4.75. The van der Waals surface area contributed by atoms with Crippen LogP contribution in [0.15, 0.2) is 24.4 Å². The first-order valence-corrected chi connectivity index (χ1v) is 8.77. The Balaban J connectivity index is 1.61. The predicted molar refractivity (Wildman–Crippen MR) is 95.0 cm³/mol. The molecule has 1 atom stereocenters. The van der Waals surface area contributed by atoms with Crippen LogP contribution in [0.3, 0.4) is 0 Å². The van der Waals surface area contributed by atoms with Gasteiger partial charge in [0.15, 0.2) is 0 Å². The standard InChI is InChI=1S/C18H22ClN3O2/c1-2-6-20-18(24)13-8-17(23)22(11-13)7-5-12-10-21-16-4-3-14(19)9-15(12)16/h3-4,9-10,13,21H,2,5-8,11H2,1H3,(H,20,24). The molecule has 1 unspecified atom stereocenters. The minimum absolute atomic E-state index is 0.00780. The average Bonchev–Trinajstić information content (AvgIpc) is 3.14. The molecule has 2 heterocycles. The van der Waals surface area contributed by atoms with Gasteiger partial charge in [0.05, 0.1) is 5.92 Å². The smallest absolute Gasteiger partial charge is 0.225 e. The van der Waals surface area contributed by atoms with Gasteiger partial charge in [-0.05, 0) is 36.6 Å². The van der Waals surface area contributed by atoms with Crippen molar-refractivity contribution >= 4 is 34.3 Å². The highest BCUT2D eigenvalue weighted by Gasteiger charge is 2.33. The molecule has 24 heavy (non-hydrogen) atoms. The molecule has 1 aliphatic heterocycles. The molecule has 1 aliphatic rings. The number of hydrogen-bond donors (Lipinski definition) is 2. The van der Waals surface area contributed by atoms with E-state index >= 15 is 0 Å². The number of aromatic nitrogens is 1. The normalized spacial score (nSPS) is 17.7. The number of likely N-dealkylation sites (tertiary alicyclic amines) is 1. The van der Waals surface area contributed by atoms with Crippen molar-refractivity contribution in [2.45, 2.75) is 26.2 Å². The van der Waals surface area contributed by atoms with Gasteiger partial charge < -0.3 is 15.2 Å². The van der Waals surface area contributed by atoms with E-state index in [1.807, 2.05) is 31.3 Å². The fourth-order valence-corrected chi connectivity index (χ4v) is 3.34. The van der Waals surface area contributed by atoms with Crippen LogP contribution >= 0.6 is 11.6 Å². The molecule has 6 heteroatoms. The van der Waals surface area contributed by atoms with Crippen molar-refractivity contribution in [3.63, 3.8) is 0 Å². The minimum atomic E-state index is -0.221. The molecule has 2 amide bonds. The maximum absolute atomic E-state index is 12.2. The number of hydrogen-bond acceptors (Lipinski definition) is 2. The van der Waals surface area contributed by atoms with E-state index in [0.717, 1.165) is 29.3 Å². The fraction of sp³-hybridized carbons (Fsp3) is 0.444. The molecule has 128 valence electrons. The highest BCUT2D eigenvalue weighted by molar-refractivity contribution is 6.31. The van der Waals surface area contributed by atoms with E-state index in [1.165, 1.54) is 0 Å². The van der Waals surface area contributed by atoms with E-state index in [2.05, 4.69) is 10.3 Å². The molecular formula is C18H22ClN3O2. The first kappa shape index (κ1) is 16.8. The summed E-state index contributed by atoms with van der Waals surface area (Å²) in [6, 6.07) is 5.75. The molecule has 5 nitrogen and oxygen atoms in total. The predicted octanol–water partition coefficient (Wildman–Crippen LogP) is 2.74. The minimum Gasteiger partial charge on any atom is -0.361 e. The maximum Gasteiger partial charge on any atom is 0.225 e. The lowest BCUT2D eigenvalue weighted by Gasteiger charge is -2.16. The van der Waals surface area contributed by atoms with Crippen molar-refractivity contribution in [3.05, 3.63) is 35.0 Å². The second-order valence-electron chi connectivity index (χ2n) is 6.29. The number of aromatic amines is 1. The van der Waals surface area contributed by atoms with Gasteiger partial charge in [0.1, 0.15) is 0 Å². The monoisotopic (exact) mass is 347 g/mol. The molecule has 0 saturated carbocycles. The second-order valence-corrected chi connectivity index (χ2v) is 6.72. The van der Waals surface area contributed by atoms with Gasteiger partial charge in [-0.15, -0.1) is 0 Å². The summed E-state index contributed by atoms with van der Waals surface area (Å²) in [6.07, 6.45) is 3.93. The molecule has 2 N–H and O–H groups in total. The van der Waals surface area contributed by atoms with Crippen molar-refractivity contribution in [1.82, 2.24) is 15.2 Å². The zero-order chi connectivity index (χ0) is 17.1. The lowest BCUT2D eigenvalue weighted by molar-refractivity contribution is -0.129. The SMILES string of the molecule is CCCNC(=O)C1CC(=O)N(CCc2c[nH]c3ccc(Cl)cc23)C1. The molecule has 0 spiro atoms. The zero-order valence-corrected chi connectivity index (χ0v) is 14.5. The maximum atomic E-state index is 12.2. The molecule has 1 fully saturated rings. The van der Waals surface area contributed by atoms with Gasteiger partial charge in [0.25, 0.3) is 0 Å². The van der Waals surface area contributed by atoms with Crippen LogP contribution in [0, 0.1) is 5.92 Å². The Kier molecular flexibility index (Phi) is 5.09. The first-order chi connectivity index (χ1) is 11.6. The number of benzene rings is 1. The first-order valence-electron chi connectivity index (χ1n) is 8.39. The topological polar surface area (TPSA) is 65.2 Å². The van der Waals surface area contributed by atoms with Crippen molar-refractivity contribution in [1.29, 1.82) is 0 Å². The van der Waals surface area contributed by atoms with Gasteiger partial charge in [-0.1, -0.05) is 18.5 Å². The highest BCUT2D eigenvalue weighted by atomic mass is 35.5. The van der Waals surface area contributed by atoms with Crippen LogP contribution in [-0.2, 0) is 16.0 Å². The summed E-state index contributed by atoms with van der Waals surface area (Å²) < 4.78 is 0. The molecule has 2 aromatic rings. The number of H-pyrrole nitrogens is 1. The number of nitrogens with zero attached hydrogens (tertiary/aromatic N) is 1. The zero-order valence-electron chi connectivity index (χ0n) is 13.8. The number of fused-ring (bicyclic) bond motifs is 1. The van der Waals surface area contributed by atoms with Crippen LogP contribution in [0.4, 0.5) is 0 Å². The Bertz CT molecular complexity index is 756. The van der Waals surface area contributed by atoms with E-state index in [0.29, 0.717) is 31.1 Å². The Labute approximate surface area is 146 Å². The van der Waals surface area contributed by atoms with Gasteiger partial charge in [-0.25, -0.2) is 0 Å². The molecule has 1 aromatic heterocycles. The molecule has 0 bridgehead atoms. The quantitative estimate of drug-likeness (QED) is 0.843. The van der Waals surface area contributed by atoms with Crippen LogP contribution < -0.4 is 5.32 Å². The largest absolute Gasteiger partial charge is 0.361 e. The van der Waals surface area contributed by atoms with Gasteiger partial charge in [0, 0.05) is 48.2 Å². The van der Waals surface area contributed by atoms with Crippen molar-refractivity contribution in [3.8, 4) is 0 Å². The fourth-order valence-electron chi connectivity index (χ4n) is 3.17. The summed E-state index contributed by atoms with van der Waals surface area (Å²) in [6.45, 7) is 3.81. The van der Waals surface area contributed by atoms with E-state index < -0.39 is 0 Å². The third kappa shape index (κ3) is 3.56. The highest BCUT2D eigenvalue weighted by Crippen LogP contribution is 2.24. The molecule has 3 rings (SSSR count). The van der Waals surface area contributed by atoms with Crippen LogP contribution in [-0.4, -0.2) is 41.3 Å². The second kappa shape index (κ2) is 7.26. The van der Waals surface area contributed by atoms with E-state index in [4.69, 9.17) is 11.6 Å². The van der Waals surface area contributed by atoms with Crippen LogP contribution in [0.2, 0.25) is 5.02 Å². The number of rotatable bonds is 6. The Morgan fingerprint density at radius 1 is 1.46 bits per heavy atom. The van der Waals surface area contributed by atoms with Gasteiger partial charge >= 0.3 is 0 Å². The number of nitrogens with one attached hydrogen (secondary N) is 2. The third-order valence-electron chi connectivity index (χ3n) is 4.52. The van der Waals surface area contributed by atoms with E-state index in [9.17, 15) is 9.59 Å². The number of amides is 2. The van der Waals surface area contributed by atoms with E-state index in [1.54, 1.807) is 4.90 Å². The van der Waals surface area contributed by atoms with Crippen molar-refractivity contribution in [2.24, 2.45) is 5.92 Å². The Hall–Kier alpha value is -2.01. The lowest BCUT2D eigenvalue weighted by Crippen LogP contribution is -2.33.